The van der Waals surface area contributed by atoms with E-state index in [2.05, 4.69) is 63.8 Å². The average molecular weight is 562 g/mol. The molecule has 1 atom stereocenters. The molecule has 2 N–H and O–H groups in total. The van der Waals surface area contributed by atoms with Crippen LogP contribution in [0.4, 0.5) is 24.5 Å². The van der Waals surface area contributed by atoms with Crippen molar-refractivity contribution in [1.29, 1.82) is 10.5 Å². The van der Waals surface area contributed by atoms with Crippen molar-refractivity contribution in [3.63, 3.8) is 0 Å². The van der Waals surface area contributed by atoms with Crippen LogP contribution in [0.2, 0.25) is 0 Å². The topological polar surface area (TPSA) is 128 Å². The summed E-state index contributed by atoms with van der Waals surface area (Å²) in [4.78, 5) is 8.30. The van der Waals surface area contributed by atoms with Crippen molar-refractivity contribution in [3.05, 3.63) is 70.7 Å². The van der Waals surface area contributed by atoms with Gasteiger partial charge in [0.2, 0.25) is 5.95 Å². The summed E-state index contributed by atoms with van der Waals surface area (Å²) in [5.41, 5.74) is 1.41. The van der Waals surface area contributed by atoms with Gasteiger partial charge in [-0.15, -0.1) is 5.10 Å². The molecule has 0 aliphatic rings. The van der Waals surface area contributed by atoms with Crippen LogP contribution in [0.15, 0.2) is 36.7 Å². The van der Waals surface area contributed by atoms with Crippen molar-refractivity contribution in [3.8, 4) is 12.1 Å². The summed E-state index contributed by atoms with van der Waals surface area (Å²) in [5, 5.41) is 35.1. The number of nitriles is 2. The van der Waals surface area contributed by atoms with E-state index in [0.717, 1.165) is 4.68 Å². The summed E-state index contributed by atoms with van der Waals surface area (Å²) in [6, 6.07) is 9.60. The van der Waals surface area contributed by atoms with Gasteiger partial charge in [0.1, 0.15) is 23.4 Å². The molecule has 0 saturated heterocycles. The third-order valence-electron chi connectivity index (χ3n) is 6.65. The molecule has 0 aliphatic carbocycles. The van der Waals surface area contributed by atoms with E-state index in [4.69, 9.17) is 0 Å². The first kappa shape index (κ1) is 29.3. The Bertz CT molecular complexity index is 1670. The minimum Gasteiger partial charge on any atom is -0.383 e. The van der Waals surface area contributed by atoms with E-state index < -0.39 is 24.0 Å². The number of aryl methyl sites for hydroxylation is 1. The van der Waals surface area contributed by atoms with Crippen molar-refractivity contribution in [2.24, 2.45) is 5.41 Å². The van der Waals surface area contributed by atoms with E-state index in [1.54, 1.807) is 19.1 Å². The number of rotatable bonds is 8. The minimum atomic E-state index is -2.71. The van der Waals surface area contributed by atoms with Crippen molar-refractivity contribution in [2.75, 3.05) is 17.2 Å². The number of nitrogens with one attached hydrogen (secondary N) is 2. The molecular weight excluding hydrogens is 531 g/mol. The molecule has 0 radical (unpaired) electrons. The van der Waals surface area contributed by atoms with E-state index in [1.165, 1.54) is 38.4 Å². The fourth-order valence-corrected chi connectivity index (χ4v) is 4.21. The molecule has 0 fully saturated rings. The van der Waals surface area contributed by atoms with Crippen LogP contribution in [0.5, 0.6) is 0 Å². The fraction of sp³-hybridized carbons (Fsp3) is 0.379. The molecule has 1 aromatic carbocycles. The summed E-state index contributed by atoms with van der Waals surface area (Å²) in [7, 11) is 0. The molecular formula is C29H30F3N9. The molecule has 41 heavy (non-hydrogen) atoms. The highest BCUT2D eigenvalue weighted by Gasteiger charge is 2.34. The molecule has 0 aliphatic heterocycles. The lowest BCUT2D eigenvalue weighted by atomic mass is 9.96. The number of aromatic nitrogens is 5. The SMILES string of the molecule is Cc1nc(F)ccc1[C@H](Nc1cc(C#N)c2ncc(C#N)c(NCC(C)(C)C)c2c1)c1cn(C(C)(C)C(F)F)nn1. The molecule has 0 unspecified atom stereocenters. The number of pyridine rings is 2. The zero-order valence-electron chi connectivity index (χ0n) is 23.6. The predicted molar refractivity (Wildman–Crippen MR) is 149 cm³/mol. The van der Waals surface area contributed by atoms with Gasteiger partial charge in [-0.3, -0.25) is 4.98 Å². The first-order valence-electron chi connectivity index (χ1n) is 12.9. The summed E-state index contributed by atoms with van der Waals surface area (Å²) in [6.45, 7) is 11.0. The summed E-state index contributed by atoms with van der Waals surface area (Å²) < 4.78 is 42.5. The lowest BCUT2D eigenvalue weighted by molar-refractivity contribution is 0.0191. The van der Waals surface area contributed by atoms with Crippen LogP contribution in [-0.4, -0.2) is 37.9 Å². The van der Waals surface area contributed by atoms with Crippen molar-refractivity contribution in [2.45, 2.75) is 59.5 Å². The second-order valence-electron chi connectivity index (χ2n) is 11.5. The Morgan fingerprint density at radius 2 is 1.76 bits per heavy atom. The summed E-state index contributed by atoms with van der Waals surface area (Å²) >= 11 is 0. The van der Waals surface area contributed by atoms with Crippen LogP contribution < -0.4 is 10.6 Å². The Hall–Kier alpha value is -4.71. The monoisotopic (exact) mass is 561 g/mol. The van der Waals surface area contributed by atoms with Gasteiger partial charge in [0.05, 0.1) is 34.6 Å². The molecule has 0 saturated carbocycles. The van der Waals surface area contributed by atoms with Crippen LogP contribution in [0.1, 0.15) is 68.7 Å². The highest BCUT2D eigenvalue weighted by Crippen LogP contribution is 2.35. The number of alkyl halides is 2. The van der Waals surface area contributed by atoms with E-state index >= 15 is 0 Å². The molecule has 12 heteroatoms. The Balaban J connectivity index is 1.88. The van der Waals surface area contributed by atoms with Crippen LogP contribution >= 0.6 is 0 Å². The van der Waals surface area contributed by atoms with Crippen LogP contribution in [0.25, 0.3) is 10.9 Å². The largest absolute Gasteiger partial charge is 0.383 e. The predicted octanol–water partition coefficient (Wildman–Crippen LogP) is 6.07. The quantitative estimate of drug-likeness (QED) is 0.248. The first-order valence-corrected chi connectivity index (χ1v) is 12.9. The summed E-state index contributed by atoms with van der Waals surface area (Å²) in [5.74, 6) is -0.672. The van der Waals surface area contributed by atoms with Gasteiger partial charge in [0.15, 0.2) is 0 Å². The standard InChI is InChI=1S/C29H30F3N9/c1-16-20(7-8-23(30)37-16)26(22-14-41(40-39-22)29(5,6)27(31)32)38-19-9-17(11-33)24-21(10-19)25(18(12-34)13-35-24)36-15-28(2,3)4/h7-10,13-14,26-27,38H,15H2,1-6H3,(H,35,36)/t26-/m0/s1. The second kappa shape index (κ2) is 11.0. The second-order valence-corrected chi connectivity index (χ2v) is 11.5. The molecule has 0 amide bonds. The molecule has 0 spiro atoms. The minimum absolute atomic E-state index is 0.105. The van der Waals surface area contributed by atoms with E-state index in [9.17, 15) is 23.7 Å². The first-order chi connectivity index (χ1) is 19.2. The van der Waals surface area contributed by atoms with Crippen molar-refractivity contribution >= 4 is 22.3 Å². The normalized spacial score (nSPS) is 12.7. The third kappa shape index (κ3) is 6.07. The van der Waals surface area contributed by atoms with Crippen LogP contribution in [0.3, 0.4) is 0 Å². The molecule has 0 bridgehead atoms. The Morgan fingerprint density at radius 1 is 1.05 bits per heavy atom. The van der Waals surface area contributed by atoms with Gasteiger partial charge in [-0.1, -0.05) is 32.1 Å². The highest BCUT2D eigenvalue weighted by atomic mass is 19.3. The Labute approximate surface area is 236 Å². The zero-order valence-corrected chi connectivity index (χ0v) is 23.6. The van der Waals surface area contributed by atoms with Gasteiger partial charge >= 0.3 is 0 Å². The summed E-state index contributed by atoms with van der Waals surface area (Å²) in [6.07, 6.45) is 0.128. The van der Waals surface area contributed by atoms with Crippen LogP contribution in [-0.2, 0) is 5.54 Å². The molecule has 4 rings (SSSR count). The Kier molecular flexibility index (Phi) is 7.89. The number of fused-ring (bicyclic) bond motifs is 1. The van der Waals surface area contributed by atoms with Gasteiger partial charge in [-0.05, 0) is 44.4 Å². The maximum absolute atomic E-state index is 13.9. The average Bonchev–Trinajstić information content (AvgIpc) is 3.40. The van der Waals surface area contributed by atoms with Gasteiger partial charge in [-0.2, -0.15) is 14.9 Å². The maximum Gasteiger partial charge on any atom is 0.262 e. The molecule has 9 nitrogen and oxygen atoms in total. The highest BCUT2D eigenvalue weighted by molar-refractivity contribution is 5.99. The molecule has 4 aromatic rings. The number of hydrogen-bond acceptors (Lipinski definition) is 8. The number of nitrogens with zero attached hydrogens (tertiary/aromatic N) is 7. The van der Waals surface area contributed by atoms with E-state index in [-0.39, 0.29) is 16.7 Å². The lowest BCUT2D eigenvalue weighted by Gasteiger charge is -2.24. The van der Waals surface area contributed by atoms with E-state index in [1.807, 2.05) is 0 Å². The van der Waals surface area contributed by atoms with Crippen molar-refractivity contribution in [1.82, 2.24) is 25.0 Å². The lowest BCUT2D eigenvalue weighted by Crippen LogP contribution is -2.34. The smallest absolute Gasteiger partial charge is 0.262 e. The third-order valence-corrected chi connectivity index (χ3v) is 6.65. The fourth-order valence-electron chi connectivity index (χ4n) is 4.21. The number of hydrogen-bond donors (Lipinski definition) is 2. The maximum atomic E-state index is 13.9. The zero-order chi connectivity index (χ0) is 30.1. The number of anilines is 2. The van der Waals surface area contributed by atoms with Crippen molar-refractivity contribution < 1.29 is 13.2 Å². The van der Waals surface area contributed by atoms with Gasteiger partial charge in [0, 0.05) is 35.1 Å². The van der Waals surface area contributed by atoms with Crippen LogP contribution in [0, 0.1) is 40.9 Å². The number of halogens is 3. The molecule has 3 heterocycles. The number of benzene rings is 1. The molecule has 212 valence electrons. The van der Waals surface area contributed by atoms with Gasteiger partial charge < -0.3 is 10.6 Å². The molecule has 3 aromatic heterocycles. The van der Waals surface area contributed by atoms with E-state index in [0.29, 0.717) is 45.6 Å². The van der Waals surface area contributed by atoms with Gasteiger partial charge in [-0.25, -0.2) is 18.4 Å². The van der Waals surface area contributed by atoms with Gasteiger partial charge in [0.25, 0.3) is 6.43 Å². The Morgan fingerprint density at radius 3 is 2.37 bits per heavy atom.